The highest BCUT2D eigenvalue weighted by atomic mass is 19.1. The topological polar surface area (TPSA) is 86.3 Å². The van der Waals surface area contributed by atoms with Gasteiger partial charge in [0.2, 0.25) is 5.95 Å². The number of amides is 2. The van der Waals surface area contributed by atoms with Gasteiger partial charge in [-0.3, -0.25) is 0 Å². The highest BCUT2D eigenvalue weighted by Gasteiger charge is 2.19. The maximum Gasteiger partial charge on any atom is 0.323 e. The van der Waals surface area contributed by atoms with Gasteiger partial charge in [-0.15, -0.1) is 0 Å². The van der Waals surface area contributed by atoms with Crippen LogP contribution in [0.15, 0.2) is 61.1 Å². The van der Waals surface area contributed by atoms with Crippen molar-refractivity contribution in [3.8, 4) is 0 Å². The van der Waals surface area contributed by atoms with Crippen LogP contribution in [0, 0.1) is 5.82 Å². The van der Waals surface area contributed by atoms with E-state index in [-0.39, 0.29) is 5.69 Å². The van der Waals surface area contributed by atoms with Gasteiger partial charge in [0, 0.05) is 32.4 Å². The monoisotopic (exact) mass is 393 g/mol. The average molecular weight is 393 g/mol. The number of halogens is 1. The van der Waals surface area contributed by atoms with Crippen LogP contribution in [0.5, 0.6) is 0 Å². The minimum atomic E-state index is -0.560. The van der Waals surface area contributed by atoms with Crippen molar-refractivity contribution in [3.05, 3.63) is 66.9 Å². The van der Waals surface area contributed by atoms with E-state index in [0.717, 1.165) is 32.0 Å². The molecule has 3 heterocycles. The first-order valence-electron chi connectivity index (χ1n) is 9.24. The predicted octanol–water partition coefficient (Wildman–Crippen LogP) is 2.98. The van der Waals surface area contributed by atoms with Crippen molar-refractivity contribution in [2.75, 3.05) is 46.6 Å². The lowest BCUT2D eigenvalue weighted by molar-refractivity contribution is 0.262. The van der Waals surface area contributed by atoms with Gasteiger partial charge < -0.3 is 20.4 Å². The second kappa shape index (κ2) is 8.51. The Morgan fingerprint density at radius 3 is 2.24 bits per heavy atom. The molecule has 0 radical (unpaired) electrons. The van der Waals surface area contributed by atoms with Gasteiger partial charge in [-0.2, -0.15) is 0 Å². The Kier molecular flexibility index (Phi) is 5.46. The first-order chi connectivity index (χ1) is 14.2. The van der Waals surface area contributed by atoms with Crippen LogP contribution in [0.25, 0.3) is 0 Å². The van der Waals surface area contributed by atoms with Gasteiger partial charge in [-0.05, 0) is 24.3 Å². The molecule has 1 aliphatic rings. The third-order valence-corrected chi connectivity index (χ3v) is 4.55. The molecular weight excluding hydrogens is 373 g/mol. The first kappa shape index (κ1) is 18.6. The van der Waals surface area contributed by atoms with Crippen LogP contribution in [0.2, 0.25) is 0 Å². The summed E-state index contributed by atoms with van der Waals surface area (Å²) >= 11 is 0. The van der Waals surface area contributed by atoms with E-state index in [2.05, 4.69) is 35.4 Å². The minimum absolute atomic E-state index is 0.105. The number of carbonyl (C=O) groups excluding carboxylic acids is 1. The molecule has 0 atom stereocenters. The van der Waals surface area contributed by atoms with E-state index in [4.69, 9.17) is 0 Å². The molecule has 4 rings (SSSR count). The molecule has 0 bridgehead atoms. The maximum atomic E-state index is 13.6. The summed E-state index contributed by atoms with van der Waals surface area (Å²) in [5, 5.41) is 5.05. The van der Waals surface area contributed by atoms with Gasteiger partial charge in [0.15, 0.2) is 0 Å². The summed E-state index contributed by atoms with van der Waals surface area (Å²) in [5.74, 6) is 1.07. The summed E-state index contributed by atoms with van der Waals surface area (Å²) in [6.07, 6.45) is 4.86. The lowest BCUT2D eigenvalue weighted by atomic mass is 10.3. The summed E-state index contributed by atoms with van der Waals surface area (Å²) in [6, 6.07) is 11.3. The third-order valence-electron chi connectivity index (χ3n) is 4.55. The standard InChI is InChI=1S/C20H20FN7O/c21-16-5-1-2-6-17(16)26-20(29)25-15-13-23-19(24-14-15)28-11-9-27(10-12-28)18-7-3-4-8-22-18/h1-8,13-14H,9-12H2,(H2,25,26,29). The van der Waals surface area contributed by atoms with Crippen molar-refractivity contribution in [2.24, 2.45) is 0 Å². The van der Waals surface area contributed by atoms with E-state index in [9.17, 15) is 9.18 Å². The maximum absolute atomic E-state index is 13.6. The van der Waals surface area contributed by atoms with Crippen molar-refractivity contribution in [1.29, 1.82) is 0 Å². The molecule has 0 aliphatic carbocycles. The number of anilines is 4. The SMILES string of the molecule is O=C(Nc1cnc(N2CCN(c3ccccn3)CC2)nc1)Nc1ccccc1F. The molecule has 1 saturated heterocycles. The third kappa shape index (κ3) is 4.57. The van der Waals surface area contributed by atoms with Crippen LogP contribution in [0.4, 0.5) is 32.3 Å². The summed E-state index contributed by atoms with van der Waals surface area (Å²) < 4.78 is 13.6. The molecule has 1 aliphatic heterocycles. The molecule has 8 nitrogen and oxygen atoms in total. The first-order valence-corrected chi connectivity index (χ1v) is 9.24. The number of carbonyl (C=O) groups is 1. The molecule has 3 aromatic rings. The molecule has 1 aromatic carbocycles. The van der Waals surface area contributed by atoms with Crippen molar-refractivity contribution in [2.45, 2.75) is 0 Å². The zero-order chi connectivity index (χ0) is 20.1. The average Bonchev–Trinajstić information content (AvgIpc) is 2.77. The number of benzene rings is 1. The van der Waals surface area contributed by atoms with E-state index in [0.29, 0.717) is 11.6 Å². The van der Waals surface area contributed by atoms with Crippen molar-refractivity contribution in [3.63, 3.8) is 0 Å². The predicted molar refractivity (Wildman–Crippen MR) is 110 cm³/mol. The molecule has 0 unspecified atom stereocenters. The smallest absolute Gasteiger partial charge is 0.323 e. The summed E-state index contributed by atoms with van der Waals surface area (Å²) in [7, 11) is 0. The fourth-order valence-corrected chi connectivity index (χ4v) is 3.07. The second-order valence-electron chi connectivity index (χ2n) is 6.49. The van der Waals surface area contributed by atoms with Crippen LogP contribution in [-0.2, 0) is 0 Å². The molecule has 0 saturated carbocycles. The molecule has 2 N–H and O–H groups in total. The van der Waals surface area contributed by atoms with E-state index in [1.165, 1.54) is 24.5 Å². The Morgan fingerprint density at radius 2 is 1.55 bits per heavy atom. The van der Waals surface area contributed by atoms with Gasteiger partial charge >= 0.3 is 6.03 Å². The number of nitrogens with zero attached hydrogens (tertiary/aromatic N) is 5. The summed E-state index contributed by atoms with van der Waals surface area (Å²) in [5.41, 5.74) is 0.531. The highest BCUT2D eigenvalue weighted by Crippen LogP contribution is 2.17. The summed E-state index contributed by atoms with van der Waals surface area (Å²) in [6.45, 7) is 3.20. The zero-order valence-corrected chi connectivity index (χ0v) is 15.6. The molecule has 2 amide bonds. The second-order valence-corrected chi connectivity index (χ2v) is 6.49. The molecule has 1 fully saturated rings. The number of urea groups is 1. The van der Waals surface area contributed by atoms with Gasteiger partial charge in [-0.25, -0.2) is 24.1 Å². The van der Waals surface area contributed by atoms with Gasteiger partial charge in [-0.1, -0.05) is 18.2 Å². The number of para-hydroxylation sites is 1. The molecular formula is C20H20FN7O. The van der Waals surface area contributed by atoms with Crippen LogP contribution in [-0.4, -0.2) is 47.2 Å². The fraction of sp³-hybridized carbons (Fsp3) is 0.200. The number of hydrogen-bond donors (Lipinski definition) is 2. The van der Waals surface area contributed by atoms with E-state index in [1.807, 2.05) is 18.2 Å². The Balaban J connectivity index is 1.31. The quantitative estimate of drug-likeness (QED) is 0.709. The fourth-order valence-electron chi connectivity index (χ4n) is 3.07. The summed E-state index contributed by atoms with van der Waals surface area (Å²) in [4.78, 5) is 29.4. The number of piperazine rings is 1. The van der Waals surface area contributed by atoms with E-state index in [1.54, 1.807) is 18.3 Å². The molecule has 9 heteroatoms. The lowest BCUT2D eigenvalue weighted by Crippen LogP contribution is -2.47. The Morgan fingerprint density at radius 1 is 0.862 bits per heavy atom. The number of aromatic nitrogens is 3. The molecule has 148 valence electrons. The Bertz CT molecular complexity index is 960. The van der Waals surface area contributed by atoms with E-state index < -0.39 is 11.8 Å². The largest absolute Gasteiger partial charge is 0.353 e. The minimum Gasteiger partial charge on any atom is -0.353 e. The number of nitrogens with one attached hydrogen (secondary N) is 2. The van der Waals surface area contributed by atoms with Crippen molar-refractivity contribution in [1.82, 2.24) is 15.0 Å². The van der Waals surface area contributed by atoms with Crippen LogP contribution in [0.3, 0.4) is 0 Å². The van der Waals surface area contributed by atoms with Crippen molar-refractivity contribution >= 4 is 29.2 Å². The Labute approximate surface area is 167 Å². The van der Waals surface area contributed by atoms with E-state index >= 15 is 0 Å². The number of rotatable bonds is 4. The van der Waals surface area contributed by atoms with Crippen LogP contribution < -0.4 is 20.4 Å². The van der Waals surface area contributed by atoms with Crippen LogP contribution in [0.1, 0.15) is 0 Å². The lowest BCUT2D eigenvalue weighted by Gasteiger charge is -2.35. The molecule has 29 heavy (non-hydrogen) atoms. The number of pyridine rings is 1. The Hall–Kier alpha value is -3.75. The highest BCUT2D eigenvalue weighted by molar-refractivity contribution is 5.99. The van der Waals surface area contributed by atoms with Gasteiger partial charge in [0.1, 0.15) is 11.6 Å². The van der Waals surface area contributed by atoms with Crippen LogP contribution >= 0.6 is 0 Å². The number of hydrogen-bond acceptors (Lipinski definition) is 6. The molecule has 0 spiro atoms. The van der Waals surface area contributed by atoms with Crippen molar-refractivity contribution < 1.29 is 9.18 Å². The van der Waals surface area contributed by atoms with Gasteiger partial charge in [0.05, 0.1) is 23.8 Å². The molecule has 2 aromatic heterocycles. The normalized spacial score (nSPS) is 13.8. The zero-order valence-electron chi connectivity index (χ0n) is 15.6. The van der Waals surface area contributed by atoms with Gasteiger partial charge in [0.25, 0.3) is 0 Å².